The van der Waals surface area contributed by atoms with Crippen molar-refractivity contribution < 1.29 is 9.90 Å². The SMILES string of the molecule is CCCCCCC=CC=CCCCCCCCC(=O)O. The topological polar surface area (TPSA) is 37.3 Å². The summed E-state index contributed by atoms with van der Waals surface area (Å²) in [5, 5.41) is 8.50. The summed E-state index contributed by atoms with van der Waals surface area (Å²) in [4.78, 5) is 10.3. The zero-order valence-electron chi connectivity index (χ0n) is 13.2. The second-order valence-electron chi connectivity index (χ2n) is 5.41. The molecule has 1 N–H and O–H groups in total. The van der Waals surface area contributed by atoms with E-state index in [0.717, 1.165) is 25.7 Å². The molecular formula is C18H32O2. The van der Waals surface area contributed by atoms with Crippen molar-refractivity contribution in [1.29, 1.82) is 0 Å². The highest BCUT2D eigenvalue weighted by Gasteiger charge is 1.95. The summed E-state index contributed by atoms with van der Waals surface area (Å²) in [6, 6.07) is 0. The predicted molar refractivity (Wildman–Crippen MR) is 87.0 cm³/mol. The zero-order valence-corrected chi connectivity index (χ0v) is 13.2. The Morgan fingerprint density at radius 2 is 1.30 bits per heavy atom. The van der Waals surface area contributed by atoms with Crippen LogP contribution in [0.25, 0.3) is 0 Å². The molecule has 20 heavy (non-hydrogen) atoms. The van der Waals surface area contributed by atoms with Crippen molar-refractivity contribution >= 4 is 5.97 Å². The number of aliphatic carboxylic acids is 1. The molecule has 0 aliphatic carbocycles. The molecule has 116 valence electrons. The van der Waals surface area contributed by atoms with E-state index in [9.17, 15) is 4.79 Å². The molecule has 0 unspecified atom stereocenters. The largest absolute Gasteiger partial charge is 0.481 e. The Morgan fingerprint density at radius 1 is 0.800 bits per heavy atom. The van der Waals surface area contributed by atoms with Crippen molar-refractivity contribution in [2.24, 2.45) is 0 Å². The van der Waals surface area contributed by atoms with Crippen molar-refractivity contribution in [3.05, 3.63) is 24.3 Å². The van der Waals surface area contributed by atoms with Gasteiger partial charge in [-0.15, -0.1) is 0 Å². The molecule has 0 fully saturated rings. The normalized spacial score (nSPS) is 11.7. The third-order valence-corrected chi connectivity index (χ3v) is 3.37. The van der Waals surface area contributed by atoms with E-state index in [0.29, 0.717) is 6.42 Å². The van der Waals surface area contributed by atoms with Crippen molar-refractivity contribution in [2.75, 3.05) is 0 Å². The summed E-state index contributed by atoms with van der Waals surface area (Å²) in [6.07, 6.45) is 22.3. The van der Waals surface area contributed by atoms with Gasteiger partial charge in [0.05, 0.1) is 0 Å². The number of allylic oxidation sites excluding steroid dienone is 4. The molecule has 0 atom stereocenters. The highest BCUT2D eigenvalue weighted by molar-refractivity contribution is 5.66. The minimum atomic E-state index is -0.672. The average Bonchev–Trinajstić information content (AvgIpc) is 2.43. The van der Waals surface area contributed by atoms with Gasteiger partial charge < -0.3 is 5.11 Å². The van der Waals surface area contributed by atoms with Crippen molar-refractivity contribution in [3.8, 4) is 0 Å². The van der Waals surface area contributed by atoms with Crippen LogP contribution in [-0.4, -0.2) is 11.1 Å². The van der Waals surface area contributed by atoms with Gasteiger partial charge in [-0.2, -0.15) is 0 Å². The standard InChI is InChI=1S/C18H32O2/c1-2-3-4-5-6-7-8-9-10-11-12-13-14-15-16-17-18(19)20/h7-10H,2-6,11-17H2,1H3,(H,19,20). The van der Waals surface area contributed by atoms with Crippen LogP contribution in [0.2, 0.25) is 0 Å². The average molecular weight is 280 g/mol. The van der Waals surface area contributed by atoms with E-state index in [4.69, 9.17) is 5.11 Å². The van der Waals surface area contributed by atoms with Crippen LogP contribution in [0.1, 0.15) is 84.0 Å². The van der Waals surface area contributed by atoms with Crippen LogP contribution in [0.3, 0.4) is 0 Å². The Labute approximate surface area is 125 Å². The van der Waals surface area contributed by atoms with Crippen LogP contribution in [0.5, 0.6) is 0 Å². The predicted octanol–water partition coefficient (Wildman–Crippen LogP) is 5.88. The number of hydrogen-bond donors (Lipinski definition) is 1. The van der Waals surface area contributed by atoms with Gasteiger partial charge in [-0.05, 0) is 32.1 Å². The summed E-state index contributed by atoms with van der Waals surface area (Å²) in [5.41, 5.74) is 0. The molecule has 0 bridgehead atoms. The van der Waals surface area contributed by atoms with E-state index >= 15 is 0 Å². The Bertz CT molecular complexity index is 267. The molecule has 0 aromatic carbocycles. The molecule has 0 amide bonds. The Hall–Kier alpha value is -1.05. The lowest BCUT2D eigenvalue weighted by atomic mass is 10.1. The second-order valence-corrected chi connectivity index (χ2v) is 5.41. The Balaban J connectivity index is 3.19. The van der Waals surface area contributed by atoms with Gasteiger partial charge in [0, 0.05) is 6.42 Å². The van der Waals surface area contributed by atoms with Crippen molar-refractivity contribution in [3.63, 3.8) is 0 Å². The van der Waals surface area contributed by atoms with Gasteiger partial charge in [-0.1, -0.05) is 69.8 Å². The van der Waals surface area contributed by atoms with E-state index in [1.165, 1.54) is 44.9 Å². The van der Waals surface area contributed by atoms with Gasteiger partial charge >= 0.3 is 5.97 Å². The van der Waals surface area contributed by atoms with Gasteiger partial charge in [0.15, 0.2) is 0 Å². The number of carboxylic acids is 1. The van der Waals surface area contributed by atoms with Crippen LogP contribution < -0.4 is 0 Å². The fourth-order valence-electron chi connectivity index (χ4n) is 2.11. The quantitative estimate of drug-likeness (QED) is 0.318. The minimum Gasteiger partial charge on any atom is -0.481 e. The summed E-state index contributed by atoms with van der Waals surface area (Å²) in [5.74, 6) is -0.672. The monoisotopic (exact) mass is 280 g/mol. The zero-order chi connectivity index (χ0) is 14.9. The number of rotatable bonds is 14. The number of unbranched alkanes of at least 4 members (excludes halogenated alkanes) is 9. The molecule has 0 aliphatic rings. The summed E-state index contributed by atoms with van der Waals surface area (Å²) in [6.45, 7) is 2.24. The lowest BCUT2D eigenvalue weighted by Gasteiger charge is -1.97. The first-order valence-electron chi connectivity index (χ1n) is 8.30. The van der Waals surface area contributed by atoms with E-state index in [-0.39, 0.29) is 0 Å². The molecule has 0 saturated heterocycles. The minimum absolute atomic E-state index is 0.322. The first-order valence-corrected chi connectivity index (χ1v) is 8.30. The molecule has 0 spiro atoms. The lowest BCUT2D eigenvalue weighted by Crippen LogP contribution is -1.93. The maximum atomic E-state index is 10.3. The van der Waals surface area contributed by atoms with Crippen LogP contribution in [0.4, 0.5) is 0 Å². The number of carbonyl (C=O) groups is 1. The van der Waals surface area contributed by atoms with E-state index in [1.807, 2.05) is 0 Å². The molecule has 0 aliphatic heterocycles. The van der Waals surface area contributed by atoms with E-state index in [1.54, 1.807) is 0 Å². The van der Waals surface area contributed by atoms with Gasteiger partial charge in [0.2, 0.25) is 0 Å². The van der Waals surface area contributed by atoms with E-state index in [2.05, 4.69) is 31.2 Å². The van der Waals surface area contributed by atoms with Crippen molar-refractivity contribution in [2.45, 2.75) is 84.0 Å². The maximum Gasteiger partial charge on any atom is 0.303 e. The highest BCUT2D eigenvalue weighted by Crippen LogP contribution is 2.07. The maximum absolute atomic E-state index is 10.3. The third kappa shape index (κ3) is 16.9. The first-order chi connectivity index (χ1) is 9.77. The van der Waals surface area contributed by atoms with Gasteiger partial charge in [0.1, 0.15) is 0 Å². The fraction of sp³-hybridized carbons (Fsp3) is 0.722. The van der Waals surface area contributed by atoms with Gasteiger partial charge in [0.25, 0.3) is 0 Å². The number of carboxylic acid groups (broad SMARTS) is 1. The molecule has 2 heteroatoms. The molecule has 2 nitrogen and oxygen atoms in total. The highest BCUT2D eigenvalue weighted by atomic mass is 16.4. The van der Waals surface area contributed by atoms with Crippen LogP contribution in [0, 0.1) is 0 Å². The summed E-state index contributed by atoms with van der Waals surface area (Å²) >= 11 is 0. The van der Waals surface area contributed by atoms with Crippen LogP contribution in [0.15, 0.2) is 24.3 Å². The first kappa shape index (κ1) is 18.9. The van der Waals surface area contributed by atoms with Gasteiger partial charge in [-0.25, -0.2) is 0 Å². The molecule has 0 aromatic rings. The number of hydrogen-bond acceptors (Lipinski definition) is 1. The Kier molecular flexibility index (Phi) is 15.2. The smallest absolute Gasteiger partial charge is 0.303 e. The molecule has 0 rings (SSSR count). The lowest BCUT2D eigenvalue weighted by molar-refractivity contribution is -0.137. The molecular weight excluding hydrogens is 248 g/mol. The summed E-state index contributed by atoms with van der Waals surface area (Å²) in [7, 11) is 0. The summed E-state index contributed by atoms with van der Waals surface area (Å²) < 4.78 is 0. The van der Waals surface area contributed by atoms with Crippen LogP contribution in [-0.2, 0) is 4.79 Å². The molecule has 0 heterocycles. The van der Waals surface area contributed by atoms with Gasteiger partial charge in [-0.3, -0.25) is 4.79 Å². The molecule has 0 radical (unpaired) electrons. The Morgan fingerprint density at radius 3 is 1.85 bits per heavy atom. The molecule has 0 saturated carbocycles. The van der Waals surface area contributed by atoms with E-state index < -0.39 is 5.97 Å². The third-order valence-electron chi connectivity index (χ3n) is 3.37. The second kappa shape index (κ2) is 16.0. The van der Waals surface area contributed by atoms with Crippen LogP contribution >= 0.6 is 0 Å². The van der Waals surface area contributed by atoms with Crippen molar-refractivity contribution in [1.82, 2.24) is 0 Å². The molecule has 0 aromatic heterocycles. The fourth-order valence-corrected chi connectivity index (χ4v) is 2.11.